The summed E-state index contributed by atoms with van der Waals surface area (Å²) in [6.45, 7) is -0.188. The first kappa shape index (κ1) is 18.7. The Bertz CT molecular complexity index is 719. The van der Waals surface area contributed by atoms with Crippen molar-refractivity contribution in [2.75, 3.05) is 20.6 Å². The van der Waals surface area contributed by atoms with Gasteiger partial charge in [0.2, 0.25) is 5.91 Å². The number of rotatable bonds is 5. The van der Waals surface area contributed by atoms with Crippen molar-refractivity contribution >= 4 is 16.1 Å². The number of halogens is 3. The number of hydrogen-bond acceptors (Lipinski definition) is 3. The van der Waals surface area contributed by atoms with Gasteiger partial charge in [-0.15, -0.1) is 0 Å². The van der Waals surface area contributed by atoms with Crippen molar-refractivity contribution in [1.29, 1.82) is 0 Å². The topological polar surface area (TPSA) is 69.7 Å². The van der Waals surface area contributed by atoms with Crippen molar-refractivity contribution in [3.63, 3.8) is 0 Å². The fourth-order valence-corrected chi connectivity index (χ4v) is 3.25. The zero-order chi connectivity index (χ0) is 18.1. The fourth-order valence-electron chi connectivity index (χ4n) is 2.46. The van der Waals surface area contributed by atoms with E-state index in [9.17, 15) is 26.4 Å². The Labute approximate surface area is 138 Å². The minimum absolute atomic E-state index is 0.0190. The molecule has 1 aromatic rings. The summed E-state index contributed by atoms with van der Waals surface area (Å²) >= 11 is 0. The molecule has 1 N–H and O–H groups in total. The fraction of sp³-hybridized carbons (Fsp3) is 0.500. The highest BCUT2D eigenvalue weighted by molar-refractivity contribution is 7.87. The first-order chi connectivity index (χ1) is 11.0. The molecule has 1 heterocycles. The van der Waals surface area contributed by atoms with E-state index in [-0.39, 0.29) is 25.1 Å². The van der Waals surface area contributed by atoms with Gasteiger partial charge >= 0.3 is 6.18 Å². The van der Waals surface area contributed by atoms with Gasteiger partial charge in [0.25, 0.3) is 10.2 Å². The number of nitrogens with zero attached hydrogens (tertiary/aromatic N) is 2. The second-order valence-electron chi connectivity index (χ2n) is 5.74. The summed E-state index contributed by atoms with van der Waals surface area (Å²) in [7, 11) is -1.02. The number of amides is 1. The third kappa shape index (κ3) is 4.25. The summed E-state index contributed by atoms with van der Waals surface area (Å²) in [6.07, 6.45) is -4.59. The van der Waals surface area contributed by atoms with Crippen molar-refractivity contribution in [3.05, 3.63) is 35.4 Å². The van der Waals surface area contributed by atoms with Crippen LogP contribution in [0.4, 0.5) is 13.2 Å². The van der Waals surface area contributed by atoms with E-state index in [2.05, 4.69) is 4.72 Å². The molecule has 1 amide bonds. The molecule has 1 aromatic carbocycles. The average molecular weight is 365 g/mol. The molecule has 1 saturated heterocycles. The zero-order valence-corrected chi connectivity index (χ0v) is 14.0. The van der Waals surface area contributed by atoms with E-state index < -0.39 is 33.9 Å². The van der Waals surface area contributed by atoms with Gasteiger partial charge in [0.05, 0.1) is 5.56 Å². The number of benzene rings is 1. The Balaban J connectivity index is 2.12. The Kier molecular flexibility index (Phi) is 5.21. The second-order valence-corrected chi connectivity index (χ2v) is 7.65. The van der Waals surface area contributed by atoms with Gasteiger partial charge in [-0.05, 0) is 11.6 Å². The molecular formula is C14H18F3N3O3S. The quantitative estimate of drug-likeness (QED) is 0.853. The lowest BCUT2D eigenvalue weighted by atomic mass is 10.1. The Hall–Kier alpha value is -1.65. The maximum atomic E-state index is 13.0. The Morgan fingerprint density at radius 2 is 1.92 bits per heavy atom. The molecule has 0 saturated carbocycles. The summed E-state index contributed by atoms with van der Waals surface area (Å²) in [5, 5.41) is 0. The molecule has 1 atom stereocenters. The van der Waals surface area contributed by atoms with Crippen LogP contribution in [0.15, 0.2) is 24.3 Å². The van der Waals surface area contributed by atoms with Gasteiger partial charge in [0.1, 0.15) is 0 Å². The molecule has 1 fully saturated rings. The first-order valence-corrected chi connectivity index (χ1v) is 8.57. The number of nitrogens with one attached hydrogen (secondary N) is 1. The molecule has 0 radical (unpaired) electrons. The van der Waals surface area contributed by atoms with Crippen LogP contribution >= 0.6 is 0 Å². The second kappa shape index (κ2) is 6.69. The molecule has 0 spiro atoms. The van der Waals surface area contributed by atoms with Crippen molar-refractivity contribution in [1.82, 2.24) is 13.9 Å². The lowest BCUT2D eigenvalue weighted by Gasteiger charge is -2.20. The molecule has 24 heavy (non-hydrogen) atoms. The summed E-state index contributed by atoms with van der Waals surface area (Å²) in [5.74, 6) is -0.390. The molecule has 6 nitrogen and oxygen atoms in total. The molecule has 0 bridgehead atoms. The van der Waals surface area contributed by atoms with Crippen LogP contribution in [0.3, 0.4) is 0 Å². The van der Waals surface area contributed by atoms with Gasteiger partial charge in [-0.25, -0.2) is 0 Å². The van der Waals surface area contributed by atoms with Gasteiger partial charge in [-0.1, -0.05) is 18.2 Å². The van der Waals surface area contributed by atoms with Crippen molar-refractivity contribution in [2.45, 2.75) is 25.2 Å². The van der Waals surface area contributed by atoms with Crippen LogP contribution < -0.4 is 4.72 Å². The Morgan fingerprint density at radius 3 is 2.50 bits per heavy atom. The maximum absolute atomic E-state index is 13.0. The molecule has 0 aliphatic carbocycles. The van der Waals surface area contributed by atoms with E-state index >= 15 is 0 Å². The van der Waals surface area contributed by atoms with Crippen LogP contribution in [-0.2, 0) is 27.7 Å². The van der Waals surface area contributed by atoms with Gasteiger partial charge < -0.3 is 4.90 Å². The normalized spacial score (nSPS) is 19.3. The molecule has 1 aliphatic heterocycles. The van der Waals surface area contributed by atoms with Crippen LogP contribution in [0.2, 0.25) is 0 Å². The summed E-state index contributed by atoms with van der Waals surface area (Å²) < 4.78 is 65.9. The molecule has 134 valence electrons. The number of carbonyl (C=O) groups excluding carboxylic acids is 1. The largest absolute Gasteiger partial charge is 0.416 e. The lowest BCUT2D eigenvalue weighted by molar-refractivity contribution is -0.139. The summed E-state index contributed by atoms with van der Waals surface area (Å²) in [5.41, 5.74) is -0.815. The molecule has 0 aromatic heterocycles. The van der Waals surface area contributed by atoms with E-state index in [1.54, 1.807) is 0 Å². The van der Waals surface area contributed by atoms with Gasteiger partial charge in [-0.2, -0.15) is 30.6 Å². The summed E-state index contributed by atoms with van der Waals surface area (Å²) in [6, 6.07) is 4.36. The molecular weight excluding hydrogens is 347 g/mol. The molecule has 1 unspecified atom stereocenters. The standard InChI is InChI=1S/C14H18F3N3O3S/c1-19(2)24(22,23)18-11-7-13(21)20(9-11)8-10-5-3-4-6-12(10)14(15,16)17/h3-6,11,18H,7-9H2,1-2H3. The van der Waals surface area contributed by atoms with Crippen LogP contribution in [0.1, 0.15) is 17.5 Å². The lowest BCUT2D eigenvalue weighted by Crippen LogP contribution is -2.43. The van der Waals surface area contributed by atoms with Crippen LogP contribution in [0.25, 0.3) is 0 Å². The number of carbonyl (C=O) groups is 1. The van der Waals surface area contributed by atoms with Crippen LogP contribution in [0.5, 0.6) is 0 Å². The third-order valence-electron chi connectivity index (χ3n) is 3.69. The Morgan fingerprint density at radius 1 is 1.29 bits per heavy atom. The zero-order valence-electron chi connectivity index (χ0n) is 13.2. The molecule has 1 aliphatic rings. The number of alkyl halides is 3. The smallest absolute Gasteiger partial charge is 0.337 e. The van der Waals surface area contributed by atoms with Crippen molar-refractivity contribution in [3.8, 4) is 0 Å². The minimum atomic E-state index is -4.51. The monoisotopic (exact) mass is 365 g/mol. The van der Waals surface area contributed by atoms with Gasteiger partial charge in [0.15, 0.2) is 0 Å². The van der Waals surface area contributed by atoms with E-state index in [1.807, 2.05) is 0 Å². The molecule has 2 rings (SSSR count). The minimum Gasteiger partial charge on any atom is -0.337 e. The third-order valence-corrected chi connectivity index (χ3v) is 5.29. The molecule has 10 heteroatoms. The van der Waals surface area contributed by atoms with Gasteiger partial charge in [0, 0.05) is 39.6 Å². The van der Waals surface area contributed by atoms with E-state index in [1.165, 1.54) is 37.2 Å². The van der Waals surface area contributed by atoms with Crippen LogP contribution in [-0.4, -0.2) is 50.2 Å². The van der Waals surface area contributed by atoms with Gasteiger partial charge in [-0.3, -0.25) is 4.79 Å². The number of likely N-dealkylation sites (tertiary alicyclic amines) is 1. The average Bonchev–Trinajstić information content (AvgIpc) is 2.77. The highest BCUT2D eigenvalue weighted by Gasteiger charge is 2.36. The maximum Gasteiger partial charge on any atom is 0.416 e. The van der Waals surface area contributed by atoms with E-state index in [0.29, 0.717) is 0 Å². The van der Waals surface area contributed by atoms with E-state index in [0.717, 1.165) is 10.4 Å². The predicted molar refractivity (Wildman–Crippen MR) is 81.0 cm³/mol. The summed E-state index contributed by atoms with van der Waals surface area (Å²) in [4.78, 5) is 13.2. The highest BCUT2D eigenvalue weighted by atomic mass is 32.2. The number of hydrogen-bond donors (Lipinski definition) is 1. The first-order valence-electron chi connectivity index (χ1n) is 7.13. The SMILES string of the molecule is CN(C)S(=O)(=O)NC1CC(=O)N(Cc2ccccc2C(F)(F)F)C1. The predicted octanol–water partition coefficient (Wildman–Crippen LogP) is 1.20. The van der Waals surface area contributed by atoms with Crippen molar-refractivity contribution in [2.24, 2.45) is 0 Å². The van der Waals surface area contributed by atoms with Crippen LogP contribution in [0, 0.1) is 0 Å². The van der Waals surface area contributed by atoms with Crippen molar-refractivity contribution < 1.29 is 26.4 Å². The highest BCUT2D eigenvalue weighted by Crippen LogP contribution is 2.32. The van der Waals surface area contributed by atoms with E-state index in [4.69, 9.17) is 0 Å².